The number of hydrogen-bond donors (Lipinski definition) is 0. The Labute approximate surface area is 137 Å². The van der Waals surface area contributed by atoms with E-state index in [-0.39, 0.29) is 18.4 Å². The van der Waals surface area contributed by atoms with Crippen LogP contribution in [0.1, 0.15) is 58.3 Å². The highest BCUT2D eigenvalue weighted by Crippen LogP contribution is 2.25. The predicted molar refractivity (Wildman–Crippen MR) is 90.0 cm³/mol. The number of esters is 1. The van der Waals surface area contributed by atoms with E-state index in [9.17, 15) is 9.59 Å². The molecule has 4 nitrogen and oxygen atoms in total. The van der Waals surface area contributed by atoms with Gasteiger partial charge in [0.1, 0.15) is 5.69 Å². The van der Waals surface area contributed by atoms with Crippen LogP contribution in [0.2, 0.25) is 0 Å². The molecule has 0 aliphatic rings. The Kier molecular flexibility index (Phi) is 5.37. The summed E-state index contributed by atoms with van der Waals surface area (Å²) in [6.07, 6.45) is 0.668. The molecule has 0 aliphatic heterocycles. The maximum Gasteiger partial charge on any atom is 0.355 e. The molecule has 2 rings (SSSR count). The van der Waals surface area contributed by atoms with Crippen LogP contribution in [0, 0.1) is 13.8 Å². The van der Waals surface area contributed by atoms with Gasteiger partial charge in [-0.1, -0.05) is 37.3 Å². The summed E-state index contributed by atoms with van der Waals surface area (Å²) >= 11 is 0. The summed E-state index contributed by atoms with van der Waals surface area (Å²) in [7, 11) is 0. The minimum atomic E-state index is -0.450. The summed E-state index contributed by atoms with van der Waals surface area (Å²) in [5.41, 5.74) is 2.81. The normalized spacial score (nSPS) is 12.0. The SMILES string of the molecule is CCOC(=O)c1c(C)cc(C)n1C(=O)C(CC)c1ccccc1. The third-order valence-corrected chi connectivity index (χ3v) is 3.97. The number of aromatic nitrogens is 1. The average Bonchev–Trinajstić information content (AvgIpc) is 2.83. The van der Waals surface area contributed by atoms with Gasteiger partial charge in [-0.05, 0) is 44.4 Å². The molecular weight excluding hydrogens is 290 g/mol. The van der Waals surface area contributed by atoms with Crippen LogP contribution in [0.3, 0.4) is 0 Å². The molecule has 0 bridgehead atoms. The second-order valence-corrected chi connectivity index (χ2v) is 5.58. The maximum absolute atomic E-state index is 13.1. The first-order valence-corrected chi connectivity index (χ1v) is 7.96. The van der Waals surface area contributed by atoms with Gasteiger partial charge in [-0.2, -0.15) is 0 Å². The Balaban J connectivity index is 2.48. The van der Waals surface area contributed by atoms with Crippen LogP contribution >= 0.6 is 0 Å². The van der Waals surface area contributed by atoms with Crippen molar-refractivity contribution in [3.63, 3.8) is 0 Å². The minimum Gasteiger partial charge on any atom is -0.461 e. The van der Waals surface area contributed by atoms with E-state index in [1.807, 2.05) is 57.2 Å². The van der Waals surface area contributed by atoms with Crippen molar-refractivity contribution in [1.29, 1.82) is 0 Å². The molecule has 0 amide bonds. The third kappa shape index (κ3) is 3.36. The first kappa shape index (κ1) is 17.0. The van der Waals surface area contributed by atoms with Crippen LogP contribution in [0.25, 0.3) is 0 Å². The van der Waals surface area contributed by atoms with Gasteiger partial charge >= 0.3 is 5.97 Å². The lowest BCUT2D eigenvalue weighted by atomic mass is 9.95. The summed E-state index contributed by atoms with van der Waals surface area (Å²) < 4.78 is 6.63. The monoisotopic (exact) mass is 313 g/mol. The van der Waals surface area contributed by atoms with Gasteiger partial charge in [0.25, 0.3) is 0 Å². The highest BCUT2D eigenvalue weighted by atomic mass is 16.5. The Morgan fingerprint density at radius 1 is 1.13 bits per heavy atom. The van der Waals surface area contributed by atoms with E-state index in [2.05, 4.69) is 0 Å². The van der Waals surface area contributed by atoms with Crippen molar-refractivity contribution in [2.75, 3.05) is 6.61 Å². The fourth-order valence-electron chi connectivity index (χ4n) is 2.93. The molecule has 2 aromatic rings. The molecule has 1 aromatic carbocycles. The van der Waals surface area contributed by atoms with Crippen LogP contribution < -0.4 is 0 Å². The minimum absolute atomic E-state index is 0.0904. The number of hydrogen-bond acceptors (Lipinski definition) is 3. The summed E-state index contributed by atoms with van der Waals surface area (Å²) in [6, 6.07) is 11.5. The van der Waals surface area contributed by atoms with Crippen LogP contribution in [0.4, 0.5) is 0 Å². The molecule has 0 saturated carbocycles. The molecule has 0 saturated heterocycles. The second kappa shape index (κ2) is 7.27. The maximum atomic E-state index is 13.1. The van der Waals surface area contributed by atoms with E-state index in [0.717, 1.165) is 16.8 Å². The number of nitrogens with zero attached hydrogens (tertiary/aromatic N) is 1. The van der Waals surface area contributed by atoms with Crippen molar-refractivity contribution in [2.24, 2.45) is 0 Å². The van der Waals surface area contributed by atoms with Crippen molar-refractivity contribution in [2.45, 2.75) is 40.0 Å². The standard InChI is InChI=1S/C19H23NO3/c1-5-16(15-10-8-7-9-11-15)18(21)20-14(4)12-13(3)17(20)19(22)23-6-2/h7-12,16H,5-6H2,1-4H3. The number of carbonyl (C=O) groups excluding carboxylic acids is 2. The van der Waals surface area contributed by atoms with Crippen LogP contribution in [-0.2, 0) is 4.74 Å². The number of aryl methyl sites for hydroxylation is 2. The molecule has 122 valence electrons. The van der Waals surface area contributed by atoms with Crippen molar-refractivity contribution in [3.05, 3.63) is 58.9 Å². The van der Waals surface area contributed by atoms with Gasteiger partial charge in [0, 0.05) is 5.69 Å². The van der Waals surface area contributed by atoms with Gasteiger partial charge in [-0.3, -0.25) is 9.36 Å². The number of rotatable bonds is 5. The Bertz CT molecular complexity index is 701. The molecule has 0 N–H and O–H groups in total. The average molecular weight is 313 g/mol. The van der Waals surface area contributed by atoms with Gasteiger partial charge in [-0.15, -0.1) is 0 Å². The van der Waals surface area contributed by atoms with E-state index >= 15 is 0 Å². The zero-order chi connectivity index (χ0) is 17.0. The van der Waals surface area contributed by atoms with E-state index in [4.69, 9.17) is 4.74 Å². The van der Waals surface area contributed by atoms with E-state index < -0.39 is 5.97 Å². The Morgan fingerprint density at radius 2 is 1.78 bits per heavy atom. The van der Waals surface area contributed by atoms with Crippen molar-refractivity contribution < 1.29 is 14.3 Å². The summed E-state index contributed by atoms with van der Waals surface area (Å²) in [6.45, 7) is 7.68. The second-order valence-electron chi connectivity index (χ2n) is 5.58. The zero-order valence-electron chi connectivity index (χ0n) is 14.1. The first-order chi connectivity index (χ1) is 11.0. The molecule has 0 radical (unpaired) electrons. The fourth-order valence-corrected chi connectivity index (χ4v) is 2.93. The molecule has 1 heterocycles. The van der Waals surface area contributed by atoms with Gasteiger partial charge < -0.3 is 4.74 Å². The van der Waals surface area contributed by atoms with E-state index in [1.54, 1.807) is 6.92 Å². The lowest BCUT2D eigenvalue weighted by molar-refractivity contribution is 0.0505. The molecule has 0 spiro atoms. The third-order valence-electron chi connectivity index (χ3n) is 3.97. The largest absolute Gasteiger partial charge is 0.461 e. The molecule has 23 heavy (non-hydrogen) atoms. The smallest absolute Gasteiger partial charge is 0.355 e. The molecule has 1 atom stereocenters. The van der Waals surface area contributed by atoms with Crippen molar-refractivity contribution in [1.82, 2.24) is 4.57 Å². The van der Waals surface area contributed by atoms with Gasteiger partial charge in [0.05, 0.1) is 12.5 Å². The van der Waals surface area contributed by atoms with Crippen LogP contribution in [0.5, 0.6) is 0 Å². The summed E-state index contributed by atoms with van der Waals surface area (Å²) in [5.74, 6) is -0.823. The first-order valence-electron chi connectivity index (χ1n) is 7.96. The van der Waals surface area contributed by atoms with E-state index in [1.165, 1.54) is 4.57 Å². The summed E-state index contributed by atoms with van der Waals surface area (Å²) in [5, 5.41) is 0. The quantitative estimate of drug-likeness (QED) is 0.780. The number of ether oxygens (including phenoxy) is 1. The molecule has 0 fully saturated rings. The molecule has 1 aromatic heterocycles. The van der Waals surface area contributed by atoms with Crippen LogP contribution in [0.15, 0.2) is 36.4 Å². The molecule has 0 aliphatic carbocycles. The fraction of sp³-hybridized carbons (Fsp3) is 0.368. The zero-order valence-corrected chi connectivity index (χ0v) is 14.1. The molecular formula is C19H23NO3. The number of benzene rings is 1. The predicted octanol–water partition coefficient (Wildman–Crippen LogP) is 4.12. The highest BCUT2D eigenvalue weighted by Gasteiger charge is 2.27. The van der Waals surface area contributed by atoms with E-state index in [0.29, 0.717) is 12.1 Å². The van der Waals surface area contributed by atoms with Crippen molar-refractivity contribution >= 4 is 11.9 Å². The Hall–Kier alpha value is -2.36. The summed E-state index contributed by atoms with van der Waals surface area (Å²) in [4.78, 5) is 25.4. The van der Waals surface area contributed by atoms with Crippen molar-refractivity contribution in [3.8, 4) is 0 Å². The van der Waals surface area contributed by atoms with Gasteiger partial charge in [0.15, 0.2) is 0 Å². The lowest BCUT2D eigenvalue weighted by Gasteiger charge is -2.18. The molecule has 4 heteroatoms. The topological polar surface area (TPSA) is 48.3 Å². The highest BCUT2D eigenvalue weighted by molar-refractivity contribution is 5.97. The van der Waals surface area contributed by atoms with Gasteiger partial charge in [-0.25, -0.2) is 4.79 Å². The Morgan fingerprint density at radius 3 is 2.35 bits per heavy atom. The number of carbonyl (C=O) groups is 2. The molecule has 1 unspecified atom stereocenters. The van der Waals surface area contributed by atoms with Crippen LogP contribution in [-0.4, -0.2) is 23.1 Å². The lowest BCUT2D eigenvalue weighted by Crippen LogP contribution is -2.25. The van der Waals surface area contributed by atoms with Gasteiger partial charge in [0.2, 0.25) is 5.91 Å².